The molecule has 0 amide bonds. The lowest BCUT2D eigenvalue weighted by Crippen LogP contribution is -2.55. The van der Waals surface area contributed by atoms with Gasteiger partial charge < -0.3 is 4.42 Å². The molecule has 10 rings (SSSR count). The minimum atomic E-state index is 0.591. The summed E-state index contributed by atoms with van der Waals surface area (Å²) in [7, 11) is 11.1. The lowest BCUT2D eigenvalue weighted by Gasteiger charge is -2.20. The highest BCUT2D eigenvalue weighted by molar-refractivity contribution is 6.68. The Morgan fingerprint density at radius 3 is 1.35 bits per heavy atom. The number of rotatable bonds is 7. The number of hydrogen-bond acceptors (Lipinski definition) is 4. The van der Waals surface area contributed by atoms with Crippen LogP contribution in [0.3, 0.4) is 0 Å². The van der Waals surface area contributed by atoms with Crippen molar-refractivity contribution >= 4 is 88.5 Å². The third-order valence-electron chi connectivity index (χ3n) is 12.4. The van der Waals surface area contributed by atoms with Crippen LogP contribution in [0, 0.1) is 0 Å². The standard InChI is InChI=1S/C51H38B5N3O/c52-44-42(45(53)47(55)48(56)46(44)54)35-13-7-14-36(27-35)50-57-49(34-11-5-2-6-12-34)58-51(59-50)37-25-26-39-41(28-37)60-40-16-8-15-38(43(39)40)33-23-21-32(22-24-33)31-19-17-30(18-20-31)29-9-3-1-4-10-29/h1-28H,52-56H2. The van der Waals surface area contributed by atoms with Gasteiger partial charge in [0.2, 0.25) is 0 Å². The maximum Gasteiger partial charge on any atom is 0.164 e. The molecule has 0 aliphatic carbocycles. The molecule has 278 valence electrons. The molecule has 10 aromatic rings. The fraction of sp³-hybridized carbons (Fsp3) is 0. The molecule has 0 radical (unpaired) electrons. The van der Waals surface area contributed by atoms with Crippen molar-refractivity contribution < 1.29 is 4.42 Å². The third-order valence-corrected chi connectivity index (χ3v) is 12.4. The molecule has 0 saturated heterocycles. The van der Waals surface area contributed by atoms with Gasteiger partial charge in [-0.2, -0.15) is 0 Å². The molecule has 0 aliphatic rings. The van der Waals surface area contributed by atoms with Crippen LogP contribution in [-0.2, 0) is 0 Å². The van der Waals surface area contributed by atoms with Crippen LogP contribution >= 0.6 is 0 Å². The topological polar surface area (TPSA) is 51.8 Å². The van der Waals surface area contributed by atoms with Crippen molar-refractivity contribution in [3.63, 3.8) is 0 Å². The largest absolute Gasteiger partial charge is 0.456 e. The van der Waals surface area contributed by atoms with E-state index in [1.54, 1.807) is 0 Å². The van der Waals surface area contributed by atoms with Crippen LogP contribution in [0.1, 0.15) is 0 Å². The Bertz CT molecular complexity index is 3210. The Morgan fingerprint density at radius 1 is 0.317 bits per heavy atom. The van der Waals surface area contributed by atoms with E-state index in [2.05, 4.69) is 167 Å². The zero-order chi connectivity index (χ0) is 40.9. The molecule has 0 bridgehead atoms. The van der Waals surface area contributed by atoms with Gasteiger partial charge in [0.1, 0.15) is 50.4 Å². The van der Waals surface area contributed by atoms with Gasteiger partial charge >= 0.3 is 0 Å². The first-order chi connectivity index (χ1) is 29.3. The SMILES string of the molecule is Bc1c(B)c(B)c(-c2cccc(-c3nc(-c4ccccc4)nc(-c4ccc5c(c4)oc4cccc(-c6ccc(-c7ccc(-c8ccccc8)cc7)cc6)c45)n3)c2)c(B)c1B. The molecule has 0 fully saturated rings. The normalized spacial score (nSPS) is 11.3. The van der Waals surface area contributed by atoms with Gasteiger partial charge in [0.05, 0.1) is 0 Å². The van der Waals surface area contributed by atoms with Crippen LogP contribution in [-0.4, -0.2) is 54.2 Å². The van der Waals surface area contributed by atoms with Crippen LogP contribution < -0.4 is 27.3 Å². The third kappa shape index (κ3) is 6.66. The molecule has 8 aromatic carbocycles. The van der Waals surface area contributed by atoms with Crippen molar-refractivity contribution in [2.75, 3.05) is 0 Å². The predicted molar refractivity (Wildman–Crippen MR) is 266 cm³/mol. The number of aromatic nitrogens is 3. The van der Waals surface area contributed by atoms with Crippen molar-refractivity contribution in [3.8, 4) is 78.7 Å². The smallest absolute Gasteiger partial charge is 0.164 e. The molecule has 0 saturated carbocycles. The molecule has 0 unspecified atom stereocenters. The maximum absolute atomic E-state index is 6.59. The highest BCUT2D eigenvalue weighted by Crippen LogP contribution is 2.39. The van der Waals surface area contributed by atoms with Gasteiger partial charge in [0.25, 0.3) is 0 Å². The second-order valence-corrected chi connectivity index (χ2v) is 15.8. The average Bonchev–Trinajstić information content (AvgIpc) is 3.69. The molecule has 0 N–H and O–H groups in total. The van der Waals surface area contributed by atoms with E-state index < -0.39 is 0 Å². The average molecular weight is 763 g/mol. The molecule has 4 nitrogen and oxygen atoms in total. The van der Waals surface area contributed by atoms with Gasteiger partial charge in [-0.1, -0.05) is 157 Å². The predicted octanol–water partition coefficient (Wildman–Crippen LogP) is 4.73. The van der Waals surface area contributed by atoms with E-state index in [-0.39, 0.29) is 0 Å². The van der Waals surface area contributed by atoms with E-state index in [1.165, 1.54) is 55.1 Å². The number of fused-ring (bicyclic) bond motifs is 3. The molecule has 2 aromatic heterocycles. The monoisotopic (exact) mass is 763 g/mol. The number of furan rings is 1. The fourth-order valence-corrected chi connectivity index (χ4v) is 8.63. The van der Waals surface area contributed by atoms with Gasteiger partial charge in [-0.05, 0) is 68.8 Å². The number of benzene rings is 8. The summed E-state index contributed by atoms with van der Waals surface area (Å²) in [5.41, 5.74) is 20.5. The van der Waals surface area contributed by atoms with Crippen LogP contribution in [0.15, 0.2) is 174 Å². The molecule has 60 heavy (non-hydrogen) atoms. The summed E-state index contributed by atoms with van der Waals surface area (Å²) in [5.74, 6) is 1.84. The highest BCUT2D eigenvalue weighted by Gasteiger charge is 2.18. The van der Waals surface area contributed by atoms with Crippen LogP contribution in [0.2, 0.25) is 0 Å². The Labute approximate surface area is 354 Å². The van der Waals surface area contributed by atoms with Crippen molar-refractivity contribution in [1.29, 1.82) is 0 Å². The lowest BCUT2D eigenvalue weighted by molar-refractivity contribution is 0.669. The molecule has 0 atom stereocenters. The Kier molecular flexibility index (Phi) is 9.45. The lowest BCUT2D eigenvalue weighted by atomic mass is 9.59. The molecule has 0 aliphatic heterocycles. The minimum Gasteiger partial charge on any atom is -0.456 e. The highest BCUT2D eigenvalue weighted by atomic mass is 16.3. The Morgan fingerprint density at radius 2 is 0.750 bits per heavy atom. The summed E-state index contributed by atoms with van der Waals surface area (Å²) in [5, 5.41) is 2.13. The summed E-state index contributed by atoms with van der Waals surface area (Å²) in [6.45, 7) is 0. The summed E-state index contributed by atoms with van der Waals surface area (Å²) < 4.78 is 6.59. The first-order valence-corrected chi connectivity index (χ1v) is 20.5. The van der Waals surface area contributed by atoms with Gasteiger partial charge in [0, 0.05) is 27.5 Å². The maximum atomic E-state index is 6.59. The van der Waals surface area contributed by atoms with Crippen molar-refractivity contribution in [2.24, 2.45) is 0 Å². The summed E-state index contributed by atoms with van der Waals surface area (Å²) in [6.07, 6.45) is 0. The number of nitrogens with zero attached hydrogens (tertiary/aromatic N) is 3. The summed E-state index contributed by atoms with van der Waals surface area (Å²) in [4.78, 5) is 15.3. The summed E-state index contributed by atoms with van der Waals surface area (Å²) >= 11 is 0. The zero-order valence-corrected chi connectivity index (χ0v) is 34.4. The molecule has 0 spiro atoms. The first kappa shape index (κ1) is 37.2. The van der Waals surface area contributed by atoms with E-state index in [4.69, 9.17) is 19.4 Å². The van der Waals surface area contributed by atoms with Gasteiger partial charge in [-0.3, -0.25) is 0 Å². The van der Waals surface area contributed by atoms with Crippen LogP contribution in [0.4, 0.5) is 0 Å². The van der Waals surface area contributed by atoms with E-state index in [0.717, 1.165) is 55.3 Å². The minimum absolute atomic E-state index is 0.591. The second-order valence-electron chi connectivity index (χ2n) is 15.8. The van der Waals surface area contributed by atoms with Gasteiger partial charge in [0.15, 0.2) is 17.5 Å². The van der Waals surface area contributed by atoms with Crippen molar-refractivity contribution in [2.45, 2.75) is 0 Å². The zero-order valence-electron chi connectivity index (χ0n) is 34.4. The Balaban J connectivity index is 1.02. The van der Waals surface area contributed by atoms with E-state index >= 15 is 0 Å². The molecule has 2 heterocycles. The first-order valence-electron chi connectivity index (χ1n) is 20.5. The quantitative estimate of drug-likeness (QED) is 0.221. The van der Waals surface area contributed by atoms with E-state index in [1.807, 2.05) is 42.5 Å². The van der Waals surface area contributed by atoms with E-state index in [9.17, 15) is 0 Å². The van der Waals surface area contributed by atoms with Crippen molar-refractivity contribution in [1.82, 2.24) is 15.0 Å². The molecular formula is C51H38B5N3O. The van der Waals surface area contributed by atoms with Crippen molar-refractivity contribution in [3.05, 3.63) is 170 Å². The summed E-state index contributed by atoms with van der Waals surface area (Å²) in [6, 6.07) is 59.4. The van der Waals surface area contributed by atoms with Crippen LogP contribution in [0.5, 0.6) is 0 Å². The van der Waals surface area contributed by atoms with Gasteiger partial charge in [-0.15, -0.1) is 16.4 Å². The van der Waals surface area contributed by atoms with E-state index in [0.29, 0.717) is 17.5 Å². The second kappa shape index (κ2) is 15.2. The van der Waals surface area contributed by atoms with Crippen LogP contribution in [0.25, 0.3) is 101 Å². The Hall–Kier alpha value is -7.11. The molecular weight excluding hydrogens is 725 g/mol. The number of hydrogen-bond donors (Lipinski definition) is 0. The van der Waals surface area contributed by atoms with Gasteiger partial charge in [-0.25, -0.2) is 15.0 Å². The fourth-order valence-electron chi connectivity index (χ4n) is 8.63. The molecule has 9 heteroatoms.